The quantitative estimate of drug-likeness (QED) is 0.332. The lowest BCUT2D eigenvalue weighted by molar-refractivity contribution is 0.603. The molecule has 6 nitrogen and oxygen atoms in total. The van der Waals surface area contributed by atoms with E-state index in [0.717, 1.165) is 22.9 Å². The largest absolute Gasteiger partial charge is 0.329 e. The number of hydrogen-bond acceptors (Lipinski definition) is 4. The van der Waals surface area contributed by atoms with Gasteiger partial charge in [0.15, 0.2) is 16.3 Å². The number of imidazole rings is 1. The fourth-order valence-electron chi connectivity index (χ4n) is 3.49. The second-order valence-electron chi connectivity index (χ2n) is 7.53. The number of nitrogens with zero attached hydrogens (tertiary/aromatic N) is 3. The van der Waals surface area contributed by atoms with E-state index in [2.05, 4.69) is 16.9 Å². The van der Waals surface area contributed by atoms with Gasteiger partial charge in [-0.1, -0.05) is 87.0 Å². The number of rotatable bonds is 11. The molecule has 1 N–H and O–H groups in total. The third-order valence-electron chi connectivity index (χ3n) is 5.24. The van der Waals surface area contributed by atoms with Gasteiger partial charge in [0.05, 0.1) is 6.54 Å². The molecule has 0 saturated carbocycles. The number of nitrogens with one attached hydrogen (secondary N) is 1. The van der Waals surface area contributed by atoms with Crippen molar-refractivity contribution in [1.82, 2.24) is 19.1 Å². The fourth-order valence-corrected chi connectivity index (χ4v) is 4.68. The summed E-state index contributed by atoms with van der Waals surface area (Å²) in [5, 5.41) is 1.38. The number of benzene rings is 1. The molecule has 0 unspecified atom stereocenters. The summed E-state index contributed by atoms with van der Waals surface area (Å²) >= 11 is 7.99. The second kappa shape index (κ2) is 10.9. The van der Waals surface area contributed by atoms with Crippen LogP contribution in [-0.2, 0) is 13.6 Å². The molecule has 3 rings (SSSR count). The molecule has 0 atom stereocenters. The topological polar surface area (TPSA) is 72.7 Å². The predicted octanol–water partition coefficient (Wildman–Crippen LogP) is 4.97. The van der Waals surface area contributed by atoms with Crippen molar-refractivity contribution in [1.29, 1.82) is 0 Å². The molecular weight excluding hydrogens is 420 g/mol. The van der Waals surface area contributed by atoms with E-state index in [-0.39, 0.29) is 0 Å². The van der Waals surface area contributed by atoms with Gasteiger partial charge in [-0.25, -0.2) is 9.78 Å². The van der Waals surface area contributed by atoms with Crippen LogP contribution in [0.1, 0.15) is 57.4 Å². The molecule has 30 heavy (non-hydrogen) atoms. The van der Waals surface area contributed by atoms with Crippen molar-refractivity contribution in [3.8, 4) is 0 Å². The van der Waals surface area contributed by atoms with Gasteiger partial charge in [-0.2, -0.15) is 0 Å². The summed E-state index contributed by atoms with van der Waals surface area (Å²) in [6.07, 6.45) is 8.73. The SMILES string of the molecule is CCCCCCCCCSc1nc2c(c(=O)[nH]c(=O)n2C)n1Cc1ccccc1Cl. The van der Waals surface area contributed by atoms with Crippen LogP contribution in [0.5, 0.6) is 0 Å². The molecule has 1 aromatic carbocycles. The minimum absolute atomic E-state index is 0.401. The summed E-state index contributed by atoms with van der Waals surface area (Å²) in [6.45, 7) is 2.66. The van der Waals surface area contributed by atoms with Gasteiger partial charge in [-0.3, -0.25) is 14.3 Å². The molecule has 8 heteroatoms. The standard InChI is InChI=1S/C22H29ClN4O2S/c1-3-4-5-6-7-8-11-14-30-22-24-19-18(20(28)25-21(29)26(19)2)27(22)15-16-12-9-10-13-17(16)23/h9-10,12-13H,3-8,11,14-15H2,1-2H3,(H,25,28,29). The number of unbranched alkanes of at least 4 members (excludes halogenated alkanes) is 6. The lowest BCUT2D eigenvalue weighted by atomic mass is 10.1. The molecule has 2 aromatic heterocycles. The zero-order chi connectivity index (χ0) is 21.5. The minimum atomic E-state index is -0.460. The van der Waals surface area contributed by atoms with Crippen LogP contribution in [0.15, 0.2) is 39.0 Å². The first kappa shape index (κ1) is 22.7. The normalized spacial score (nSPS) is 11.4. The molecule has 0 aliphatic carbocycles. The Morgan fingerprint density at radius 2 is 1.77 bits per heavy atom. The Hall–Kier alpha value is -1.99. The van der Waals surface area contributed by atoms with Crippen molar-refractivity contribution in [3.63, 3.8) is 0 Å². The number of H-pyrrole nitrogens is 1. The van der Waals surface area contributed by atoms with E-state index < -0.39 is 11.2 Å². The van der Waals surface area contributed by atoms with Gasteiger partial charge < -0.3 is 4.57 Å². The van der Waals surface area contributed by atoms with Crippen molar-refractivity contribution in [2.24, 2.45) is 7.05 Å². The Bertz CT molecular complexity index is 1100. The van der Waals surface area contributed by atoms with E-state index in [4.69, 9.17) is 11.6 Å². The first-order valence-electron chi connectivity index (χ1n) is 10.6. The van der Waals surface area contributed by atoms with Gasteiger partial charge in [-0.15, -0.1) is 0 Å². The molecule has 0 saturated heterocycles. The molecule has 3 aromatic rings. The molecule has 0 aliphatic rings. The van der Waals surface area contributed by atoms with E-state index in [9.17, 15) is 9.59 Å². The van der Waals surface area contributed by atoms with Crippen molar-refractivity contribution in [2.75, 3.05) is 5.75 Å². The molecule has 0 aliphatic heterocycles. The highest BCUT2D eigenvalue weighted by Gasteiger charge is 2.18. The van der Waals surface area contributed by atoms with E-state index >= 15 is 0 Å². The maximum atomic E-state index is 12.6. The molecule has 0 bridgehead atoms. The number of thioether (sulfide) groups is 1. The van der Waals surface area contributed by atoms with Crippen LogP contribution in [0.4, 0.5) is 0 Å². The van der Waals surface area contributed by atoms with Crippen LogP contribution in [-0.4, -0.2) is 24.9 Å². The lowest BCUT2D eigenvalue weighted by Gasteiger charge is -2.10. The summed E-state index contributed by atoms with van der Waals surface area (Å²) in [5.41, 5.74) is 0.829. The Morgan fingerprint density at radius 1 is 1.07 bits per heavy atom. The number of aryl methyl sites for hydroxylation is 1. The fraction of sp³-hybridized carbons (Fsp3) is 0.500. The highest BCUT2D eigenvalue weighted by molar-refractivity contribution is 7.99. The number of hydrogen-bond donors (Lipinski definition) is 1. The number of aromatic amines is 1. The van der Waals surface area contributed by atoms with Gasteiger partial charge in [0.25, 0.3) is 5.56 Å². The summed E-state index contributed by atoms with van der Waals surface area (Å²) in [6, 6.07) is 7.58. The summed E-state index contributed by atoms with van der Waals surface area (Å²) < 4.78 is 3.26. The Balaban J connectivity index is 1.81. The molecule has 0 fully saturated rings. The summed E-state index contributed by atoms with van der Waals surface area (Å²) in [5.74, 6) is 0.922. The third kappa shape index (κ3) is 5.38. The average Bonchev–Trinajstić information content (AvgIpc) is 3.09. The van der Waals surface area contributed by atoms with Crippen LogP contribution in [0.25, 0.3) is 11.2 Å². The van der Waals surface area contributed by atoms with Gasteiger partial charge in [0.1, 0.15) is 0 Å². The maximum Gasteiger partial charge on any atom is 0.329 e. The van der Waals surface area contributed by atoms with Gasteiger partial charge in [0.2, 0.25) is 0 Å². The molecule has 162 valence electrons. The average molecular weight is 449 g/mol. The van der Waals surface area contributed by atoms with Crippen molar-refractivity contribution in [3.05, 3.63) is 55.7 Å². The zero-order valence-corrected chi connectivity index (χ0v) is 19.2. The summed E-state index contributed by atoms with van der Waals surface area (Å²) in [4.78, 5) is 31.6. The van der Waals surface area contributed by atoms with Crippen molar-refractivity contribution < 1.29 is 0 Å². The number of halogens is 1. The van der Waals surface area contributed by atoms with E-state index in [1.807, 2.05) is 28.8 Å². The lowest BCUT2D eigenvalue weighted by Crippen LogP contribution is -2.29. The number of aromatic nitrogens is 4. The van der Waals surface area contributed by atoms with Gasteiger partial charge in [0, 0.05) is 17.8 Å². The van der Waals surface area contributed by atoms with Crippen LogP contribution in [0.3, 0.4) is 0 Å². The van der Waals surface area contributed by atoms with Gasteiger partial charge >= 0.3 is 5.69 Å². The first-order valence-corrected chi connectivity index (χ1v) is 11.9. The Labute approximate surface area is 185 Å². The van der Waals surface area contributed by atoms with Crippen molar-refractivity contribution in [2.45, 2.75) is 63.6 Å². The maximum absolute atomic E-state index is 12.6. The smallest absolute Gasteiger partial charge is 0.309 e. The minimum Gasteiger partial charge on any atom is -0.309 e. The van der Waals surface area contributed by atoms with E-state index in [1.54, 1.807) is 18.8 Å². The monoisotopic (exact) mass is 448 g/mol. The van der Waals surface area contributed by atoms with Crippen molar-refractivity contribution >= 4 is 34.5 Å². The van der Waals surface area contributed by atoms with Crippen LogP contribution < -0.4 is 11.2 Å². The summed E-state index contributed by atoms with van der Waals surface area (Å²) in [7, 11) is 1.62. The molecule has 0 spiro atoms. The Morgan fingerprint density at radius 3 is 2.50 bits per heavy atom. The molecule has 2 heterocycles. The van der Waals surface area contributed by atoms with Crippen LogP contribution in [0.2, 0.25) is 5.02 Å². The van der Waals surface area contributed by atoms with Crippen LogP contribution in [0, 0.1) is 0 Å². The van der Waals surface area contributed by atoms with Gasteiger partial charge in [-0.05, 0) is 18.1 Å². The number of fused-ring (bicyclic) bond motifs is 1. The Kier molecular flexibility index (Phi) is 8.22. The zero-order valence-electron chi connectivity index (χ0n) is 17.6. The molecule has 0 amide bonds. The molecular formula is C22H29ClN4O2S. The predicted molar refractivity (Wildman–Crippen MR) is 125 cm³/mol. The van der Waals surface area contributed by atoms with Crippen LogP contribution >= 0.6 is 23.4 Å². The van der Waals surface area contributed by atoms with E-state index in [1.165, 1.54) is 43.1 Å². The highest BCUT2D eigenvalue weighted by Crippen LogP contribution is 2.26. The second-order valence-corrected chi connectivity index (χ2v) is 9.00. The highest BCUT2D eigenvalue weighted by atomic mass is 35.5. The first-order chi connectivity index (χ1) is 14.5. The van der Waals surface area contributed by atoms with E-state index in [0.29, 0.717) is 22.7 Å². The third-order valence-corrected chi connectivity index (χ3v) is 6.67. The molecule has 0 radical (unpaired) electrons.